The van der Waals surface area contributed by atoms with Crippen LogP contribution in [0.4, 0.5) is 15.9 Å². The van der Waals surface area contributed by atoms with Crippen LogP contribution in [0.25, 0.3) is 22.3 Å². The van der Waals surface area contributed by atoms with Gasteiger partial charge in [0.1, 0.15) is 41.6 Å². The number of benzene rings is 3. The second-order valence-electron chi connectivity index (χ2n) is 15.9. The minimum absolute atomic E-state index is 0.0813. The number of alkyl halides is 1. The van der Waals surface area contributed by atoms with Gasteiger partial charge in [-0.2, -0.15) is 5.10 Å². The lowest BCUT2D eigenvalue weighted by atomic mass is 9.94. The molecule has 2 aromatic heterocycles. The Morgan fingerprint density at radius 2 is 1.60 bits per heavy atom. The summed E-state index contributed by atoms with van der Waals surface area (Å²) in [5.41, 5.74) is 9.73. The monoisotopic (exact) mass is 784 g/mol. The number of hydrogen-bond donors (Lipinski definition) is 2. The summed E-state index contributed by atoms with van der Waals surface area (Å²) in [7, 11) is 0. The van der Waals surface area contributed by atoms with E-state index in [0.717, 1.165) is 61.2 Å². The third-order valence-corrected chi connectivity index (χ3v) is 12.2. The molecular formula is C42H41FN10O5. The van der Waals surface area contributed by atoms with E-state index in [1.54, 1.807) is 16.8 Å². The Labute approximate surface area is 332 Å². The molecule has 4 fully saturated rings. The zero-order valence-electron chi connectivity index (χ0n) is 31.5. The summed E-state index contributed by atoms with van der Waals surface area (Å²) in [5, 5.41) is 7.75. The molecule has 7 heterocycles. The van der Waals surface area contributed by atoms with Crippen LogP contribution in [0.2, 0.25) is 0 Å². The number of nitrogens with two attached hydrogens (primary N) is 1. The van der Waals surface area contributed by atoms with Gasteiger partial charge in [-0.1, -0.05) is 18.2 Å². The number of nitrogens with zero attached hydrogens (tertiary/aromatic N) is 8. The molecule has 58 heavy (non-hydrogen) atoms. The Bertz CT molecular complexity index is 2450. The number of para-hydroxylation sites is 1. The number of anilines is 2. The van der Waals surface area contributed by atoms with E-state index in [1.165, 1.54) is 6.33 Å². The van der Waals surface area contributed by atoms with Gasteiger partial charge in [-0.15, -0.1) is 0 Å². The van der Waals surface area contributed by atoms with Gasteiger partial charge < -0.3 is 15.4 Å². The number of piperidine rings is 2. The molecule has 0 radical (unpaired) electrons. The number of imide groups is 2. The Kier molecular flexibility index (Phi) is 8.89. The summed E-state index contributed by atoms with van der Waals surface area (Å²) in [4.78, 5) is 67.0. The second kappa shape index (κ2) is 14.3. The van der Waals surface area contributed by atoms with Crippen molar-refractivity contribution in [1.82, 2.24) is 39.8 Å². The molecule has 1 unspecified atom stereocenters. The highest BCUT2D eigenvalue weighted by molar-refractivity contribution is 6.23. The molecule has 5 aromatic rings. The van der Waals surface area contributed by atoms with Gasteiger partial charge in [-0.3, -0.25) is 39.2 Å². The Balaban J connectivity index is 0.730. The first-order valence-electron chi connectivity index (χ1n) is 19.7. The van der Waals surface area contributed by atoms with Crippen LogP contribution >= 0.6 is 0 Å². The molecule has 5 aliphatic heterocycles. The van der Waals surface area contributed by atoms with E-state index in [0.29, 0.717) is 47.2 Å². The van der Waals surface area contributed by atoms with Crippen LogP contribution in [0.1, 0.15) is 46.0 Å². The minimum Gasteiger partial charge on any atom is -0.457 e. The highest BCUT2D eigenvalue weighted by atomic mass is 19.1. The largest absolute Gasteiger partial charge is 0.457 e. The van der Waals surface area contributed by atoms with Crippen molar-refractivity contribution in [3.8, 4) is 22.8 Å². The molecule has 3 atom stereocenters. The summed E-state index contributed by atoms with van der Waals surface area (Å²) < 4.78 is 23.8. The third kappa shape index (κ3) is 6.32. The maximum Gasteiger partial charge on any atom is 0.262 e. The van der Waals surface area contributed by atoms with Gasteiger partial charge >= 0.3 is 0 Å². The zero-order valence-corrected chi connectivity index (χ0v) is 31.5. The number of fused-ring (bicyclic) bond motifs is 2. The molecular weight excluding hydrogens is 744 g/mol. The summed E-state index contributed by atoms with van der Waals surface area (Å²) in [6.45, 7) is 5.36. The maximum absolute atomic E-state index is 16.2. The number of aromatic nitrogens is 4. The lowest BCUT2D eigenvalue weighted by Gasteiger charge is -2.51. The number of nitrogen functional groups attached to an aromatic ring is 1. The molecule has 4 amide bonds. The van der Waals surface area contributed by atoms with Crippen LogP contribution < -0.4 is 20.7 Å². The fourth-order valence-electron chi connectivity index (χ4n) is 9.10. The molecule has 16 heteroatoms. The number of carbonyl (C=O) groups excluding carboxylic acids is 4. The van der Waals surface area contributed by atoms with E-state index in [9.17, 15) is 19.2 Å². The average Bonchev–Trinajstić information content (AvgIpc) is 3.69. The Morgan fingerprint density at radius 3 is 2.36 bits per heavy atom. The van der Waals surface area contributed by atoms with E-state index in [2.05, 4.69) is 30.0 Å². The highest BCUT2D eigenvalue weighted by Crippen LogP contribution is 2.38. The quantitative estimate of drug-likeness (QED) is 0.208. The first kappa shape index (κ1) is 36.1. The Hall–Kier alpha value is -6.26. The summed E-state index contributed by atoms with van der Waals surface area (Å²) in [5.74, 6) is 0.125. The average molecular weight is 785 g/mol. The van der Waals surface area contributed by atoms with Crippen molar-refractivity contribution in [1.29, 1.82) is 0 Å². The number of likely N-dealkylation sites (tertiary alicyclic amines) is 2. The van der Waals surface area contributed by atoms with Gasteiger partial charge in [0.25, 0.3) is 11.8 Å². The van der Waals surface area contributed by atoms with Gasteiger partial charge in [0, 0.05) is 75.4 Å². The molecule has 3 aromatic carbocycles. The highest BCUT2D eigenvalue weighted by Gasteiger charge is 2.46. The number of nitrogens with one attached hydrogen (secondary N) is 1. The van der Waals surface area contributed by atoms with Crippen molar-refractivity contribution < 1.29 is 28.3 Å². The van der Waals surface area contributed by atoms with Crippen LogP contribution in [0, 0.1) is 5.92 Å². The van der Waals surface area contributed by atoms with Gasteiger partial charge in [0.15, 0.2) is 5.65 Å². The molecule has 15 nitrogen and oxygen atoms in total. The minimum atomic E-state index is -1.15. The number of carbonyl (C=O) groups is 4. The number of rotatable bonds is 9. The molecule has 0 saturated carbocycles. The third-order valence-electron chi connectivity index (χ3n) is 12.2. The van der Waals surface area contributed by atoms with Crippen molar-refractivity contribution in [3.05, 3.63) is 90.3 Å². The van der Waals surface area contributed by atoms with Crippen molar-refractivity contribution in [2.45, 2.75) is 43.6 Å². The fraction of sp³-hybridized carbons (Fsp3) is 0.357. The van der Waals surface area contributed by atoms with Crippen molar-refractivity contribution >= 4 is 46.2 Å². The molecule has 0 bridgehead atoms. The van der Waals surface area contributed by atoms with E-state index in [-0.39, 0.29) is 30.0 Å². The van der Waals surface area contributed by atoms with Crippen LogP contribution in [0.5, 0.6) is 11.5 Å². The number of amides is 4. The Morgan fingerprint density at radius 1 is 0.845 bits per heavy atom. The summed E-state index contributed by atoms with van der Waals surface area (Å²) >= 11 is 0. The second-order valence-corrected chi connectivity index (χ2v) is 15.9. The van der Waals surface area contributed by atoms with Crippen molar-refractivity contribution in [2.75, 3.05) is 56.4 Å². The van der Waals surface area contributed by atoms with Crippen LogP contribution in [0.3, 0.4) is 0 Å². The topological polar surface area (TPSA) is 172 Å². The van der Waals surface area contributed by atoms with Crippen molar-refractivity contribution in [3.63, 3.8) is 0 Å². The van der Waals surface area contributed by atoms with Gasteiger partial charge in [-0.05, 0) is 67.4 Å². The number of halogens is 1. The number of hydrogen-bond acceptors (Lipinski definition) is 12. The van der Waals surface area contributed by atoms with E-state index >= 15 is 4.39 Å². The molecule has 5 aliphatic rings. The van der Waals surface area contributed by atoms with Crippen LogP contribution in [-0.2, 0) is 9.59 Å². The first-order valence-corrected chi connectivity index (χ1v) is 19.7. The zero-order chi connectivity index (χ0) is 39.7. The standard InChI is InChI=1S/C42H41FN10O5/c43-32-22-50(15-14-33(32)53-39-36(38(44)45-23-46-39)37(48-53)25-6-9-29(10-7-25)58-28-4-2-1-3-5-28)27-20-49(21-27)17-24-18-51(19-24)26-8-11-30-31(16-26)42(57)52(41(30)56)34-12-13-35(54)47-40(34)55/h1-11,16,23-24,27,32-34H,12-15,17-22H2,(H2,44,45,46)(H,47,54,55)/t32-,33+,34?/m1/s1. The molecule has 0 aliphatic carbocycles. The number of ether oxygens (including phenoxy) is 1. The van der Waals surface area contributed by atoms with Gasteiger partial charge in [-0.25, -0.2) is 19.0 Å². The molecule has 10 rings (SSSR count). The SMILES string of the molecule is Nc1ncnc2c1c(-c1ccc(Oc3ccccc3)cc1)nn2[C@H]1CCN(C2CN(CC3CN(c4ccc5c(c4)C(=O)N(C4CCC(=O)NC4=O)C5=O)C3)C2)C[C@H]1F. The molecule has 0 spiro atoms. The lowest BCUT2D eigenvalue weighted by molar-refractivity contribution is -0.136. The van der Waals surface area contributed by atoms with Gasteiger partial charge in [0.05, 0.1) is 22.6 Å². The lowest BCUT2D eigenvalue weighted by Crippen LogP contribution is -2.64. The summed E-state index contributed by atoms with van der Waals surface area (Å²) in [6.07, 6.45) is 1.04. The molecule has 3 N–H and O–H groups in total. The normalized spacial score (nSPS) is 23.2. The van der Waals surface area contributed by atoms with Crippen LogP contribution in [0.15, 0.2) is 79.1 Å². The molecule has 4 saturated heterocycles. The van der Waals surface area contributed by atoms with E-state index < -0.39 is 41.9 Å². The fourth-order valence-corrected chi connectivity index (χ4v) is 9.10. The summed E-state index contributed by atoms with van der Waals surface area (Å²) in [6, 6.07) is 21.2. The predicted octanol–water partition coefficient (Wildman–Crippen LogP) is 3.67. The first-order chi connectivity index (χ1) is 28.2. The van der Waals surface area contributed by atoms with Gasteiger partial charge in [0.2, 0.25) is 11.8 Å². The molecule has 296 valence electrons. The smallest absolute Gasteiger partial charge is 0.262 e. The van der Waals surface area contributed by atoms with E-state index in [4.69, 9.17) is 15.6 Å². The van der Waals surface area contributed by atoms with Crippen molar-refractivity contribution in [2.24, 2.45) is 5.92 Å². The maximum atomic E-state index is 16.2. The predicted molar refractivity (Wildman–Crippen MR) is 211 cm³/mol. The van der Waals surface area contributed by atoms with E-state index in [1.807, 2.05) is 60.7 Å². The van der Waals surface area contributed by atoms with Crippen LogP contribution in [-0.4, -0.2) is 122 Å².